The van der Waals surface area contributed by atoms with Crippen LogP contribution in [0.5, 0.6) is 0 Å². The number of aliphatic hydroxyl groups excluding tert-OH is 1. The summed E-state index contributed by atoms with van der Waals surface area (Å²) in [5.41, 5.74) is 1.34. The molecule has 0 fully saturated rings. The van der Waals surface area contributed by atoms with Crippen LogP contribution in [-0.4, -0.2) is 21.2 Å². The third-order valence-electron chi connectivity index (χ3n) is 3.01. The molecule has 0 aliphatic heterocycles. The van der Waals surface area contributed by atoms with E-state index in [1.807, 2.05) is 0 Å². The first-order chi connectivity index (χ1) is 9.97. The quantitative estimate of drug-likeness (QED) is 0.921. The predicted octanol–water partition coefficient (Wildman–Crippen LogP) is 3.18. The molecule has 0 heterocycles. The molecule has 21 heavy (non-hydrogen) atoms. The van der Waals surface area contributed by atoms with Gasteiger partial charge in [0.1, 0.15) is 11.6 Å². The van der Waals surface area contributed by atoms with Crippen LogP contribution in [0.4, 0.5) is 8.78 Å². The molecule has 5 heteroatoms. The van der Waals surface area contributed by atoms with Gasteiger partial charge in [0.15, 0.2) is 0 Å². The molecule has 2 nitrogen and oxygen atoms in total. The van der Waals surface area contributed by atoms with Crippen molar-refractivity contribution >= 4 is 10.8 Å². The molecule has 2 aromatic rings. The molecule has 0 saturated carbocycles. The highest BCUT2D eigenvalue weighted by Gasteiger charge is 2.22. The molecule has 0 bridgehead atoms. The third-order valence-corrected chi connectivity index (χ3v) is 4.89. The Labute approximate surface area is 124 Å². The second kappa shape index (κ2) is 6.91. The molecule has 112 valence electrons. The van der Waals surface area contributed by atoms with Gasteiger partial charge in [-0.05, 0) is 42.3 Å². The maximum absolute atomic E-state index is 13.1. The van der Waals surface area contributed by atoms with E-state index >= 15 is 0 Å². The molecule has 2 rings (SSSR count). The summed E-state index contributed by atoms with van der Waals surface area (Å²) in [6, 6.07) is 11.4. The molecule has 0 aromatic heterocycles. The van der Waals surface area contributed by atoms with Crippen LogP contribution in [0.25, 0.3) is 0 Å². The van der Waals surface area contributed by atoms with E-state index < -0.39 is 22.2 Å². The molecule has 0 aliphatic rings. The Kier molecular flexibility index (Phi) is 5.20. The molecular weight excluding hydrogens is 294 g/mol. The first-order valence-corrected chi connectivity index (χ1v) is 7.91. The van der Waals surface area contributed by atoms with Crippen LogP contribution >= 0.6 is 0 Å². The molecule has 0 spiro atoms. The Morgan fingerprint density at radius 2 is 1.33 bits per heavy atom. The van der Waals surface area contributed by atoms with Crippen LogP contribution in [-0.2, 0) is 10.8 Å². The summed E-state index contributed by atoms with van der Waals surface area (Å²) >= 11 is 0. The van der Waals surface area contributed by atoms with Gasteiger partial charge in [-0.2, -0.15) is 0 Å². The van der Waals surface area contributed by atoms with Crippen molar-refractivity contribution in [2.45, 2.75) is 18.3 Å². The van der Waals surface area contributed by atoms with Gasteiger partial charge >= 0.3 is 0 Å². The van der Waals surface area contributed by atoms with Crippen LogP contribution < -0.4 is 0 Å². The lowest BCUT2D eigenvalue weighted by Gasteiger charge is -2.18. The van der Waals surface area contributed by atoms with Gasteiger partial charge in [0.05, 0.1) is 17.1 Å². The van der Waals surface area contributed by atoms with Crippen LogP contribution in [0, 0.1) is 11.6 Å². The van der Waals surface area contributed by atoms with Gasteiger partial charge in [0.2, 0.25) is 0 Å². The van der Waals surface area contributed by atoms with Gasteiger partial charge in [0, 0.05) is 10.8 Å². The average molecular weight is 310 g/mol. The Bertz CT molecular complexity index is 564. The standard InChI is InChI=1S/C16H16F2O2S/c1-11(19)10-21(20)16(12-2-6-14(17)7-3-12)13-4-8-15(18)9-5-13/h2-9,11,16,19H,10H2,1H3/t11-,21+/m1/s1. The highest BCUT2D eigenvalue weighted by Crippen LogP contribution is 2.29. The van der Waals surface area contributed by atoms with Crippen molar-refractivity contribution in [3.63, 3.8) is 0 Å². The summed E-state index contributed by atoms with van der Waals surface area (Å²) in [4.78, 5) is 0. The number of benzene rings is 2. The van der Waals surface area contributed by atoms with E-state index in [1.165, 1.54) is 24.3 Å². The van der Waals surface area contributed by atoms with Crippen molar-refractivity contribution in [3.8, 4) is 0 Å². The van der Waals surface area contributed by atoms with E-state index in [1.54, 1.807) is 31.2 Å². The number of halogens is 2. The largest absolute Gasteiger partial charge is 0.392 e. The zero-order chi connectivity index (χ0) is 15.4. The number of rotatable bonds is 5. The lowest BCUT2D eigenvalue weighted by Crippen LogP contribution is -2.19. The normalized spacial score (nSPS) is 14.1. The summed E-state index contributed by atoms with van der Waals surface area (Å²) in [7, 11) is -1.40. The fourth-order valence-electron chi connectivity index (χ4n) is 2.11. The van der Waals surface area contributed by atoms with E-state index in [9.17, 15) is 18.1 Å². The van der Waals surface area contributed by atoms with Crippen LogP contribution in [0.3, 0.4) is 0 Å². The minimum Gasteiger partial charge on any atom is -0.392 e. The highest BCUT2D eigenvalue weighted by molar-refractivity contribution is 7.85. The van der Waals surface area contributed by atoms with Gasteiger partial charge in [-0.1, -0.05) is 24.3 Å². The Hall–Kier alpha value is -1.59. The van der Waals surface area contributed by atoms with Crippen molar-refractivity contribution in [1.82, 2.24) is 0 Å². The third kappa shape index (κ3) is 4.19. The lowest BCUT2D eigenvalue weighted by atomic mass is 10.0. The smallest absolute Gasteiger partial charge is 0.123 e. The maximum Gasteiger partial charge on any atom is 0.123 e. The molecule has 0 aliphatic carbocycles. The Balaban J connectivity index is 2.40. The van der Waals surface area contributed by atoms with Crippen molar-refractivity contribution in [2.24, 2.45) is 0 Å². The molecule has 2 atom stereocenters. The lowest BCUT2D eigenvalue weighted by molar-refractivity contribution is 0.219. The minimum atomic E-state index is -1.40. The van der Waals surface area contributed by atoms with Crippen molar-refractivity contribution in [3.05, 3.63) is 71.3 Å². The summed E-state index contributed by atoms with van der Waals surface area (Å²) in [6.45, 7) is 1.56. The van der Waals surface area contributed by atoms with E-state index in [0.29, 0.717) is 11.1 Å². The van der Waals surface area contributed by atoms with E-state index in [2.05, 4.69) is 0 Å². The molecule has 0 saturated heterocycles. The predicted molar refractivity (Wildman–Crippen MR) is 79.3 cm³/mol. The van der Waals surface area contributed by atoms with Crippen molar-refractivity contribution in [2.75, 3.05) is 5.75 Å². The van der Waals surface area contributed by atoms with E-state index in [-0.39, 0.29) is 17.4 Å². The number of hydrogen-bond acceptors (Lipinski definition) is 2. The van der Waals surface area contributed by atoms with Crippen LogP contribution in [0.2, 0.25) is 0 Å². The van der Waals surface area contributed by atoms with Gasteiger partial charge in [-0.25, -0.2) is 8.78 Å². The molecule has 0 unspecified atom stereocenters. The van der Waals surface area contributed by atoms with Gasteiger partial charge in [-0.3, -0.25) is 4.21 Å². The topological polar surface area (TPSA) is 37.3 Å². The van der Waals surface area contributed by atoms with Crippen molar-refractivity contribution in [1.29, 1.82) is 0 Å². The van der Waals surface area contributed by atoms with Crippen molar-refractivity contribution < 1.29 is 18.1 Å². The molecular formula is C16H16F2O2S. The van der Waals surface area contributed by atoms with E-state index in [0.717, 1.165) is 0 Å². The van der Waals surface area contributed by atoms with E-state index in [4.69, 9.17) is 0 Å². The summed E-state index contributed by atoms with van der Waals surface area (Å²) in [5, 5.41) is 8.91. The summed E-state index contributed by atoms with van der Waals surface area (Å²) in [6.07, 6.45) is -0.714. The average Bonchev–Trinajstić information content (AvgIpc) is 2.42. The molecule has 2 aromatic carbocycles. The number of hydrogen-bond donors (Lipinski definition) is 1. The minimum absolute atomic E-state index is 0.0966. The first kappa shape index (κ1) is 15.8. The van der Waals surface area contributed by atoms with Gasteiger partial charge in [0.25, 0.3) is 0 Å². The second-order valence-corrected chi connectivity index (χ2v) is 6.45. The molecule has 1 N–H and O–H groups in total. The molecule has 0 amide bonds. The van der Waals surface area contributed by atoms with Gasteiger partial charge in [-0.15, -0.1) is 0 Å². The monoisotopic (exact) mass is 310 g/mol. The fraction of sp³-hybridized carbons (Fsp3) is 0.250. The SMILES string of the molecule is C[C@@H](O)C[S@](=O)C(c1ccc(F)cc1)c1ccc(F)cc1. The Morgan fingerprint density at radius 3 is 1.67 bits per heavy atom. The fourth-order valence-corrected chi connectivity index (χ4v) is 3.69. The first-order valence-electron chi connectivity index (χ1n) is 6.53. The summed E-state index contributed by atoms with van der Waals surface area (Å²) < 4.78 is 38.6. The Morgan fingerprint density at radius 1 is 0.952 bits per heavy atom. The highest BCUT2D eigenvalue weighted by atomic mass is 32.2. The molecule has 0 radical (unpaired) electrons. The van der Waals surface area contributed by atoms with Crippen LogP contribution in [0.1, 0.15) is 23.3 Å². The summed E-state index contributed by atoms with van der Waals surface area (Å²) in [5.74, 6) is -0.657. The zero-order valence-corrected chi connectivity index (χ0v) is 12.3. The number of aliphatic hydroxyl groups is 1. The maximum atomic E-state index is 13.1. The second-order valence-electron chi connectivity index (χ2n) is 4.88. The van der Waals surface area contributed by atoms with Crippen LogP contribution in [0.15, 0.2) is 48.5 Å². The van der Waals surface area contributed by atoms with Gasteiger partial charge < -0.3 is 5.11 Å². The zero-order valence-electron chi connectivity index (χ0n) is 11.5.